The number of nitrogens with zero attached hydrogens (tertiary/aromatic N) is 4. The van der Waals surface area contributed by atoms with Gasteiger partial charge in [-0.05, 0) is 29.5 Å². The smallest absolute Gasteiger partial charge is 0.234 e. The zero-order chi connectivity index (χ0) is 18.5. The van der Waals surface area contributed by atoms with Crippen LogP contribution in [0.4, 0.5) is 0 Å². The molecule has 0 bridgehead atoms. The average Bonchev–Trinajstić information content (AvgIpc) is 3.24. The van der Waals surface area contributed by atoms with Crippen molar-refractivity contribution in [1.82, 2.24) is 19.8 Å². The van der Waals surface area contributed by atoms with Gasteiger partial charge in [0.05, 0.1) is 27.1 Å². The van der Waals surface area contributed by atoms with Gasteiger partial charge >= 0.3 is 0 Å². The van der Waals surface area contributed by atoms with Crippen molar-refractivity contribution in [2.24, 2.45) is 0 Å². The van der Waals surface area contributed by atoms with Crippen LogP contribution in [-0.2, 0) is 5.75 Å². The number of ether oxygens (including phenoxy) is 3. The lowest BCUT2D eigenvalue weighted by Gasteiger charge is -2.12. The van der Waals surface area contributed by atoms with Gasteiger partial charge < -0.3 is 14.2 Å². The molecule has 0 saturated carbocycles. The maximum atomic E-state index is 5.38. The van der Waals surface area contributed by atoms with Gasteiger partial charge in [0.2, 0.25) is 10.7 Å². The van der Waals surface area contributed by atoms with E-state index in [0.717, 1.165) is 32.9 Å². The molecule has 0 aliphatic rings. The van der Waals surface area contributed by atoms with Gasteiger partial charge in [-0.1, -0.05) is 24.3 Å². The minimum atomic E-state index is 0.573. The van der Waals surface area contributed by atoms with E-state index in [1.165, 1.54) is 11.3 Å². The van der Waals surface area contributed by atoms with Crippen molar-refractivity contribution in [2.75, 3.05) is 27.1 Å². The third-order valence-corrected chi connectivity index (χ3v) is 5.35. The van der Waals surface area contributed by atoms with E-state index in [0.29, 0.717) is 17.2 Å². The zero-order valence-corrected chi connectivity index (χ0v) is 16.7. The molecule has 9 heteroatoms. The van der Waals surface area contributed by atoms with Crippen LogP contribution in [0.15, 0.2) is 12.1 Å². The summed E-state index contributed by atoms with van der Waals surface area (Å²) in [6.07, 6.45) is 3.90. The molecule has 0 aliphatic heterocycles. The standard InChI is InChI=1S/C17H20N4O3S2/c1-5-25-10-14-18-19-17-21(14)20-15(26-17)7-6-11-8-12(22-2)16(24-4)13(9-11)23-3/h6-9H,5,10H2,1-4H3. The fraction of sp³-hybridized carbons (Fsp3) is 0.353. The van der Waals surface area contributed by atoms with Gasteiger partial charge in [-0.3, -0.25) is 0 Å². The Kier molecular flexibility index (Phi) is 6.00. The van der Waals surface area contributed by atoms with Crippen molar-refractivity contribution in [2.45, 2.75) is 12.7 Å². The number of fused-ring (bicyclic) bond motifs is 1. The fourth-order valence-corrected chi connectivity index (χ4v) is 3.71. The first-order chi connectivity index (χ1) is 12.7. The van der Waals surface area contributed by atoms with Crippen LogP contribution in [0.3, 0.4) is 0 Å². The first-order valence-electron chi connectivity index (χ1n) is 7.97. The molecule has 0 N–H and O–H groups in total. The largest absolute Gasteiger partial charge is 0.493 e. The minimum Gasteiger partial charge on any atom is -0.493 e. The molecule has 26 heavy (non-hydrogen) atoms. The van der Waals surface area contributed by atoms with Gasteiger partial charge in [0.15, 0.2) is 17.3 Å². The lowest BCUT2D eigenvalue weighted by atomic mass is 10.1. The number of thioether (sulfide) groups is 1. The van der Waals surface area contributed by atoms with Crippen molar-refractivity contribution in [1.29, 1.82) is 0 Å². The summed E-state index contributed by atoms with van der Waals surface area (Å²) in [5.74, 6) is 4.51. The average molecular weight is 393 g/mol. The minimum absolute atomic E-state index is 0.573. The van der Waals surface area contributed by atoms with Crippen LogP contribution in [0.2, 0.25) is 0 Å². The Labute approximate surface area is 160 Å². The van der Waals surface area contributed by atoms with E-state index in [1.807, 2.05) is 28.8 Å². The third kappa shape index (κ3) is 3.78. The zero-order valence-electron chi connectivity index (χ0n) is 15.1. The number of methoxy groups -OCH3 is 3. The fourth-order valence-electron chi connectivity index (χ4n) is 2.39. The molecule has 1 aromatic carbocycles. The maximum absolute atomic E-state index is 5.38. The second-order valence-corrected chi connectivity index (χ2v) is 7.44. The van der Waals surface area contributed by atoms with Gasteiger partial charge in [-0.25, -0.2) is 0 Å². The monoisotopic (exact) mass is 392 g/mol. The van der Waals surface area contributed by atoms with Crippen molar-refractivity contribution < 1.29 is 14.2 Å². The quantitative estimate of drug-likeness (QED) is 0.580. The molecular formula is C17H20N4O3S2. The molecule has 3 aromatic rings. The summed E-state index contributed by atoms with van der Waals surface area (Å²) in [5.41, 5.74) is 0.923. The Balaban J connectivity index is 1.87. The maximum Gasteiger partial charge on any atom is 0.234 e. The number of aromatic nitrogens is 4. The summed E-state index contributed by atoms with van der Waals surface area (Å²) in [6.45, 7) is 2.12. The Hall–Kier alpha value is -2.26. The summed E-state index contributed by atoms with van der Waals surface area (Å²) >= 11 is 3.29. The molecule has 3 rings (SSSR count). The molecule has 2 heterocycles. The van der Waals surface area contributed by atoms with Gasteiger partial charge in [0.1, 0.15) is 5.01 Å². The highest BCUT2D eigenvalue weighted by molar-refractivity contribution is 7.98. The number of hydrogen-bond acceptors (Lipinski definition) is 8. The molecular weight excluding hydrogens is 372 g/mol. The van der Waals surface area contributed by atoms with Crippen LogP contribution >= 0.6 is 23.1 Å². The first-order valence-corrected chi connectivity index (χ1v) is 9.94. The Morgan fingerprint density at radius 3 is 2.42 bits per heavy atom. The van der Waals surface area contributed by atoms with E-state index < -0.39 is 0 Å². The highest BCUT2D eigenvalue weighted by Gasteiger charge is 2.13. The molecule has 0 unspecified atom stereocenters. The lowest BCUT2D eigenvalue weighted by Crippen LogP contribution is -1.95. The van der Waals surface area contributed by atoms with Gasteiger partial charge in [0, 0.05) is 0 Å². The normalized spacial score (nSPS) is 11.4. The third-order valence-electron chi connectivity index (χ3n) is 3.61. The molecule has 2 aromatic heterocycles. The first kappa shape index (κ1) is 18.5. The predicted octanol–water partition coefficient (Wildman–Crippen LogP) is 3.64. The summed E-state index contributed by atoms with van der Waals surface area (Å²) in [5, 5.41) is 13.8. The second kappa shape index (κ2) is 8.41. The molecule has 0 amide bonds. The van der Waals surface area contributed by atoms with Gasteiger partial charge in [-0.2, -0.15) is 21.4 Å². The summed E-state index contributed by atoms with van der Waals surface area (Å²) < 4.78 is 17.9. The molecule has 0 fully saturated rings. The van der Waals surface area contributed by atoms with Crippen LogP contribution in [0.1, 0.15) is 23.3 Å². The van der Waals surface area contributed by atoms with Crippen molar-refractivity contribution in [3.63, 3.8) is 0 Å². The molecule has 0 aliphatic carbocycles. The van der Waals surface area contributed by atoms with E-state index in [2.05, 4.69) is 22.2 Å². The Bertz CT molecular complexity index is 895. The number of hydrogen-bond donors (Lipinski definition) is 0. The van der Waals surface area contributed by atoms with E-state index in [1.54, 1.807) is 33.1 Å². The van der Waals surface area contributed by atoms with E-state index in [9.17, 15) is 0 Å². The molecule has 0 atom stereocenters. The summed E-state index contributed by atoms with van der Waals surface area (Å²) in [6, 6.07) is 3.78. The van der Waals surface area contributed by atoms with Crippen LogP contribution in [0.25, 0.3) is 17.1 Å². The van der Waals surface area contributed by atoms with Crippen LogP contribution < -0.4 is 14.2 Å². The van der Waals surface area contributed by atoms with Crippen molar-refractivity contribution in [3.05, 3.63) is 28.5 Å². The predicted molar refractivity (Wildman–Crippen MR) is 106 cm³/mol. The Morgan fingerprint density at radius 1 is 1.08 bits per heavy atom. The van der Waals surface area contributed by atoms with E-state index in [-0.39, 0.29) is 0 Å². The molecule has 138 valence electrons. The van der Waals surface area contributed by atoms with Crippen LogP contribution in [0, 0.1) is 0 Å². The topological polar surface area (TPSA) is 70.8 Å². The summed E-state index contributed by atoms with van der Waals surface area (Å²) in [7, 11) is 4.79. The SMILES string of the molecule is CCSCc1nnc2sc(C=Cc3cc(OC)c(OC)c(OC)c3)nn12. The number of rotatable bonds is 8. The van der Waals surface area contributed by atoms with Crippen molar-refractivity contribution >= 4 is 40.2 Å². The van der Waals surface area contributed by atoms with Gasteiger partial charge in [-0.15, -0.1) is 10.2 Å². The second-order valence-electron chi connectivity index (χ2n) is 5.18. The summed E-state index contributed by atoms with van der Waals surface area (Å²) in [4.78, 5) is 0.793. The number of benzene rings is 1. The lowest BCUT2D eigenvalue weighted by molar-refractivity contribution is 0.324. The van der Waals surface area contributed by atoms with Crippen molar-refractivity contribution in [3.8, 4) is 17.2 Å². The molecule has 0 radical (unpaired) electrons. The van der Waals surface area contributed by atoms with Crippen LogP contribution in [0.5, 0.6) is 17.2 Å². The van der Waals surface area contributed by atoms with E-state index in [4.69, 9.17) is 14.2 Å². The van der Waals surface area contributed by atoms with E-state index >= 15 is 0 Å². The Morgan fingerprint density at radius 2 is 1.81 bits per heavy atom. The molecule has 7 nitrogen and oxygen atoms in total. The molecule has 0 saturated heterocycles. The van der Waals surface area contributed by atoms with Gasteiger partial charge in [0.25, 0.3) is 0 Å². The molecule has 0 spiro atoms. The highest BCUT2D eigenvalue weighted by Crippen LogP contribution is 2.38. The van der Waals surface area contributed by atoms with Crippen LogP contribution in [-0.4, -0.2) is 46.9 Å². The highest BCUT2D eigenvalue weighted by atomic mass is 32.2.